The summed E-state index contributed by atoms with van der Waals surface area (Å²) in [4.78, 5) is 1.08. The van der Waals surface area contributed by atoms with Gasteiger partial charge in [0.05, 0.1) is 11.1 Å². The maximum atomic E-state index is 6.17. The van der Waals surface area contributed by atoms with Crippen LogP contribution in [0.1, 0.15) is 22.7 Å². The topological polar surface area (TPSA) is 38.0 Å². The third kappa shape index (κ3) is 3.76. The monoisotopic (exact) mass is 306 g/mol. The number of thioether (sulfide) groups is 1. The standard InChI is InChI=1S/C16H19ClN2S/c1-11-7-8-13(9-12(11)2)15(19-18)10-20-16-6-4-3-5-14(16)17/h3-9,15,19H,10,18H2,1-2H3. The molecule has 0 bridgehead atoms. The molecule has 2 aromatic carbocycles. The normalized spacial score (nSPS) is 12.4. The minimum atomic E-state index is 0.107. The highest BCUT2D eigenvalue weighted by atomic mass is 35.5. The molecule has 0 amide bonds. The summed E-state index contributed by atoms with van der Waals surface area (Å²) in [6.45, 7) is 4.23. The largest absolute Gasteiger partial charge is 0.271 e. The van der Waals surface area contributed by atoms with Gasteiger partial charge in [0.25, 0.3) is 0 Å². The summed E-state index contributed by atoms with van der Waals surface area (Å²) < 4.78 is 0. The van der Waals surface area contributed by atoms with Gasteiger partial charge in [0, 0.05) is 10.6 Å². The molecule has 2 aromatic rings. The Morgan fingerprint density at radius 1 is 1.15 bits per heavy atom. The molecule has 0 saturated carbocycles. The van der Waals surface area contributed by atoms with Crippen molar-refractivity contribution in [3.63, 3.8) is 0 Å². The first-order valence-electron chi connectivity index (χ1n) is 6.52. The quantitative estimate of drug-likeness (QED) is 0.492. The molecule has 0 radical (unpaired) electrons. The second-order valence-corrected chi connectivity index (χ2v) is 6.27. The van der Waals surface area contributed by atoms with Crippen LogP contribution in [0.2, 0.25) is 5.02 Å². The molecule has 20 heavy (non-hydrogen) atoms. The molecule has 0 spiro atoms. The summed E-state index contributed by atoms with van der Waals surface area (Å²) in [6, 6.07) is 14.4. The average Bonchev–Trinajstić information content (AvgIpc) is 2.45. The molecule has 0 aliphatic carbocycles. The Bertz CT molecular complexity index is 586. The number of aryl methyl sites for hydroxylation is 2. The lowest BCUT2D eigenvalue weighted by atomic mass is 10.0. The second kappa shape index (κ2) is 7.14. The van der Waals surface area contributed by atoms with Gasteiger partial charge in [-0.15, -0.1) is 11.8 Å². The molecule has 1 atom stereocenters. The molecule has 0 saturated heterocycles. The number of benzene rings is 2. The van der Waals surface area contributed by atoms with Crippen LogP contribution >= 0.6 is 23.4 Å². The van der Waals surface area contributed by atoms with Crippen molar-refractivity contribution >= 4 is 23.4 Å². The summed E-state index contributed by atoms with van der Waals surface area (Å²) in [5.41, 5.74) is 6.67. The second-order valence-electron chi connectivity index (χ2n) is 4.80. The van der Waals surface area contributed by atoms with Crippen LogP contribution < -0.4 is 11.3 Å². The molecule has 3 N–H and O–H groups in total. The minimum Gasteiger partial charge on any atom is -0.271 e. The summed E-state index contributed by atoms with van der Waals surface area (Å²) in [5.74, 6) is 6.53. The predicted molar refractivity (Wildman–Crippen MR) is 88.2 cm³/mol. The van der Waals surface area contributed by atoms with E-state index in [4.69, 9.17) is 17.4 Å². The van der Waals surface area contributed by atoms with Gasteiger partial charge in [-0.3, -0.25) is 11.3 Å². The molecule has 2 rings (SSSR count). The van der Waals surface area contributed by atoms with E-state index in [1.165, 1.54) is 16.7 Å². The molecule has 2 nitrogen and oxygen atoms in total. The number of halogens is 1. The van der Waals surface area contributed by atoms with Crippen molar-refractivity contribution < 1.29 is 0 Å². The van der Waals surface area contributed by atoms with Crippen LogP contribution in [0, 0.1) is 13.8 Å². The van der Waals surface area contributed by atoms with Crippen LogP contribution in [0.4, 0.5) is 0 Å². The van der Waals surface area contributed by atoms with E-state index in [2.05, 4.69) is 37.5 Å². The molecule has 1 unspecified atom stereocenters. The Hall–Kier alpha value is -1.00. The molecule has 0 fully saturated rings. The fourth-order valence-corrected chi connectivity index (χ4v) is 3.27. The van der Waals surface area contributed by atoms with Crippen LogP contribution in [-0.4, -0.2) is 5.75 Å². The van der Waals surface area contributed by atoms with Crippen molar-refractivity contribution in [1.82, 2.24) is 5.43 Å². The zero-order valence-corrected chi connectivity index (χ0v) is 13.3. The lowest BCUT2D eigenvalue weighted by Gasteiger charge is -2.17. The zero-order chi connectivity index (χ0) is 14.5. The van der Waals surface area contributed by atoms with E-state index in [1.807, 2.05) is 24.3 Å². The Morgan fingerprint density at radius 2 is 1.90 bits per heavy atom. The maximum absolute atomic E-state index is 6.17. The van der Waals surface area contributed by atoms with Crippen LogP contribution in [0.5, 0.6) is 0 Å². The first-order valence-corrected chi connectivity index (χ1v) is 7.89. The van der Waals surface area contributed by atoms with Gasteiger partial charge in [-0.05, 0) is 42.7 Å². The molecular weight excluding hydrogens is 288 g/mol. The Labute approximate surface area is 129 Å². The SMILES string of the molecule is Cc1ccc(C(CSc2ccccc2Cl)NN)cc1C. The first kappa shape index (κ1) is 15.4. The number of nitrogens with two attached hydrogens (primary N) is 1. The van der Waals surface area contributed by atoms with Gasteiger partial charge in [0.15, 0.2) is 0 Å². The Kier molecular flexibility index (Phi) is 5.49. The highest BCUT2D eigenvalue weighted by Crippen LogP contribution is 2.30. The highest BCUT2D eigenvalue weighted by Gasteiger charge is 2.12. The number of rotatable bonds is 5. The number of nitrogens with one attached hydrogen (secondary N) is 1. The highest BCUT2D eigenvalue weighted by molar-refractivity contribution is 7.99. The van der Waals surface area contributed by atoms with Crippen molar-refractivity contribution in [3.05, 3.63) is 64.2 Å². The van der Waals surface area contributed by atoms with E-state index in [1.54, 1.807) is 11.8 Å². The predicted octanol–water partition coefficient (Wildman–Crippen LogP) is 4.25. The molecule has 0 aromatic heterocycles. The van der Waals surface area contributed by atoms with E-state index >= 15 is 0 Å². The third-order valence-corrected chi connectivity index (χ3v) is 4.99. The fraction of sp³-hybridized carbons (Fsp3) is 0.250. The van der Waals surface area contributed by atoms with Gasteiger partial charge in [-0.25, -0.2) is 0 Å². The summed E-state index contributed by atoms with van der Waals surface area (Å²) >= 11 is 7.88. The molecule has 106 valence electrons. The van der Waals surface area contributed by atoms with Crippen LogP contribution in [0.3, 0.4) is 0 Å². The van der Waals surface area contributed by atoms with Crippen molar-refractivity contribution in [2.75, 3.05) is 5.75 Å². The van der Waals surface area contributed by atoms with Gasteiger partial charge in [-0.2, -0.15) is 0 Å². The van der Waals surface area contributed by atoms with Crippen molar-refractivity contribution in [2.45, 2.75) is 24.8 Å². The molecule has 4 heteroatoms. The third-order valence-electron chi connectivity index (χ3n) is 3.38. The summed E-state index contributed by atoms with van der Waals surface area (Å²) in [7, 11) is 0. The fourth-order valence-electron chi connectivity index (χ4n) is 1.96. The number of hydrazine groups is 1. The molecule has 0 heterocycles. The van der Waals surface area contributed by atoms with Crippen molar-refractivity contribution in [1.29, 1.82) is 0 Å². The smallest absolute Gasteiger partial charge is 0.0554 e. The zero-order valence-electron chi connectivity index (χ0n) is 11.7. The molecule has 0 aliphatic heterocycles. The minimum absolute atomic E-state index is 0.107. The lowest BCUT2D eigenvalue weighted by molar-refractivity contribution is 0.610. The van der Waals surface area contributed by atoms with Crippen molar-refractivity contribution in [3.8, 4) is 0 Å². The van der Waals surface area contributed by atoms with Gasteiger partial charge >= 0.3 is 0 Å². The van der Waals surface area contributed by atoms with E-state index in [-0.39, 0.29) is 6.04 Å². The molecular formula is C16H19ClN2S. The Morgan fingerprint density at radius 3 is 2.55 bits per heavy atom. The van der Waals surface area contributed by atoms with Crippen molar-refractivity contribution in [2.24, 2.45) is 5.84 Å². The van der Waals surface area contributed by atoms with Gasteiger partial charge < -0.3 is 0 Å². The lowest BCUT2D eigenvalue weighted by Crippen LogP contribution is -2.29. The number of hydrogen-bond acceptors (Lipinski definition) is 3. The van der Waals surface area contributed by atoms with Gasteiger partial charge in [0.1, 0.15) is 0 Å². The van der Waals surface area contributed by atoms with Crippen LogP contribution in [-0.2, 0) is 0 Å². The van der Waals surface area contributed by atoms with Gasteiger partial charge in [-0.1, -0.05) is 41.9 Å². The van der Waals surface area contributed by atoms with E-state index in [0.717, 1.165) is 15.7 Å². The summed E-state index contributed by atoms with van der Waals surface area (Å²) in [6.07, 6.45) is 0. The van der Waals surface area contributed by atoms with E-state index in [9.17, 15) is 0 Å². The first-order chi connectivity index (χ1) is 9.61. The number of hydrogen-bond donors (Lipinski definition) is 2. The molecule has 0 aliphatic rings. The van der Waals surface area contributed by atoms with Gasteiger partial charge in [0.2, 0.25) is 0 Å². The Balaban J connectivity index is 2.09. The maximum Gasteiger partial charge on any atom is 0.0554 e. The van der Waals surface area contributed by atoms with E-state index < -0.39 is 0 Å². The van der Waals surface area contributed by atoms with E-state index in [0.29, 0.717) is 0 Å². The van der Waals surface area contributed by atoms with Crippen LogP contribution in [0.25, 0.3) is 0 Å². The average molecular weight is 307 g/mol. The van der Waals surface area contributed by atoms with Crippen LogP contribution in [0.15, 0.2) is 47.4 Å². The summed E-state index contributed by atoms with van der Waals surface area (Å²) in [5, 5.41) is 0.786.